The largest absolute Gasteiger partial charge is 0.326 e. The summed E-state index contributed by atoms with van der Waals surface area (Å²) in [4.78, 5) is 22.5. The van der Waals surface area contributed by atoms with Crippen LogP contribution in [0.3, 0.4) is 0 Å². The van der Waals surface area contributed by atoms with Gasteiger partial charge in [-0.05, 0) is 0 Å². The van der Waals surface area contributed by atoms with Gasteiger partial charge in [-0.25, -0.2) is 13.2 Å². The maximum absolute atomic E-state index is 12.7. The molecule has 0 unspecified atom stereocenters. The van der Waals surface area contributed by atoms with Crippen molar-refractivity contribution >= 4 is 6.29 Å². The highest BCUT2D eigenvalue weighted by atomic mass is 19.3. The van der Waals surface area contributed by atoms with Gasteiger partial charge in [0.25, 0.3) is 12.0 Å². The van der Waals surface area contributed by atoms with Crippen LogP contribution in [-0.4, -0.2) is 11.3 Å². The smallest absolute Gasteiger partial charge is 0.284 e. The zero-order valence-corrected chi connectivity index (χ0v) is 6.18. The first kappa shape index (κ1) is 9.50. The maximum atomic E-state index is 12.7. The molecule has 0 bridgehead atoms. The summed E-state index contributed by atoms with van der Waals surface area (Å²) in [6, 6.07) is 0. The molecule has 0 spiro atoms. The van der Waals surface area contributed by atoms with E-state index in [4.69, 9.17) is 0 Å². The Hall–Kier alpha value is -1.59. The number of hydrogen-bond donors (Lipinski definition) is 1. The lowest BCUT2D eigenvalue weighted by Gasteiger charge is -2.02. The van der Waals surface area contributed by atoms with Crippen molar-refractivity contribution in [2.24, 2.45) is 0 Å². The Kier molecular flexibility index (Phi) is 2.50. The molecule has 0 aromatic carbocycles. The van der Waals surface area contributed by atoms with Gasteiger partial charge in [-0.15, -0.1) is 0 Å². The quantitative estimate of drug-likeness (QED) is 0.715. The average Bonchev–Trinajstić information content (AvgIpc) is 2.09. The fraction of sp³-hybridized carbons (Fsp3) is 0.143. The molecule has 0 aliphatic rings. The van der Waals surface area contributed by atoms with Gasteiger partial charge < -0.3 is 4.98 Å². The molecule has 1 N–H and O–H groups in total. The van der Waals surface area contributed by atoms with E-state index in [9.17, 15) is 22.8 Å². The van der Waals surface area contributed by atoms with E-state index in [1.165, 1.54) is 0 Å². The number of carbonyl (C=O) groups excluding carboxylic acids is 1. The Bertz CT molecular complexity index is 386. The first-order chi connectivity index (χ1) is 6.07. The first-order valence-electron chi connectivity index (χ1n) is 3.22. The van der Waals surface area contributed by atoms with Crippen molar-refractivity contribution in [3.8, 4) is 0 Å². The minimum atomic E-state index is -2.99. The van der Waals surface area contributed by atoms with Crippen molar-refractivity contribution in [2.45, 2.75) is 6.43 Å². The number of nitrogens with one attached hydrogen (secondary N) is 1. The third kappa shape index (κ3) is 1.61. The summed E-state index contributed by atoms with van der Waals surface area (Å²) in [6.45, 7) is 0. The Morgan fingerprint density at radius 2 is 2.08 bits per heavy atom. The third-order valence-electron chi connectivity index (χ3n) is 1.46. The molecule has 0 aliphatic carbocycles. The standard InChI is InChI=1S/C7H4F3NO2/c8-5-4(2-12)3(6(9)10)1-11-7(5)13/h1-2,6H,(H,11,13). The molecule has 0 amide bonds. The van der Waals surface area contributed by atoms with Gasteiger partial charge in [0.1, 0.15) is 0 Å². The van der Waals surface area contributed by atoms with E-state index in [1.54, 1.807) is 4.98 Å². The van der Waals surface area contributed by atoms with Crippen molar-refractivity contribution in [3.63, 3.8) is 0 Å². The molecular formula is C7H4F3NO2. The van der Waals surface area contributed by atoms with E-state index < -0.39 is 28.9 Å². The van der Waals surface area contributed by atoms with Gasteiger partial charge in [0.05, 0.1) is 5.56 Å². The van der Waals surface area contributed by atoms with Gasteiger partial charge in [0.2, 0.25) is 0 Å². The predicted octanol–water partition coefficient (Wildman–Crippen LogP) is 1.26. The zero-order valence-electron chi connectivity index (χ0n) is 6.18. The summed E-state index contributed by atoms with van der Waals surface area (Å²) >= 11 is 0. The van der Waals surface area contributed by atoms with Crippen LogP contribution in [0.5, 0.6) is 0 Å². The van der Waals surface area contributed by atoms with Crippen LogP contribution in [0.15, 0.2) is 11.0 Å². The van der Waals surface area contributed by atoms with Gasteiger partial charge in [-0.2, -0.15) is 0 Å². The van der Waals surface area contributed by atoms with Crippen LogP contribution in [0, 0.1) is 5.82 Å². The van der Waals surface area contributed by atoms with Crippen molar-refractivity contribution in [1.29, 1.82) is 0 Å². The number of aromatic amines is 1. The number of pyridine rings is 1. The highest BCUT2D eigenvalue weighted by Crippen LogP contribution is 2.20. The molecule has 6 heteroatoms. The lowest BCUT2D eigenvalue weighted by Crippen LogP contribution is -2.15. The topological polar surface area (TPSA) is 49.9 Å². The van der Waals surface area contributed by atoms with Crippen LogP contribution < -0.4 is 5.56 Å². The molecule has 1 rings (SSSR count). The SMILES string of the molecule is O=Cc1c(C(F)F)c[nH]c(=O)c1F. The second kappa shape index (κ2) is 3.42. The molecule has 1 heterocycles. The number of carbonyl (C=O) groups is 1. The van der Waals surface area contributed by atoms with Crippen molar-refractivity contribution in [2.75, 3.05) is 0 Å². The summed E-state index contributed by atoms with van der Waals surface area (Å²) in [7, 11) is 0. The molecule has 1 aromatic heterocycles. The minimum absolute atomic E-state index is 0.105. The van der Waals surface area contributed by atoms with E-state index in [2.05, 4.69) is 0 Å². The molecule has 0 radical (unpaired) electrons. The number of hydrogen-bond acceptors (Lipinski definition) is 2. The Labute approximate surface area is 70.2 Å². The molecule has 13 heavy (non-hydrogen) atoms. The van der Waals surface area contributed by atoms with Crippen molar-refractivity contribution in [3.05, 3.63) is 33.5 Å². The molecule has 70 valence electrons. The number of alkyl halides is 2. The molecular weight excluding hydrogens is 187 g/mol. The van der Waals surface area contributed by atoms with Gasteiger partial charge in [-0.3, -0.25) is 9.59 Å². The van der Waals surface area contributed by atoms with Gasteiger partial charge in [0.15, 0.2) is 12.1 Å². The molecule has 0 saturated carbocycles. The summed E-state index contributed by atoms with van der Waals surface area (Å²) in [5.41, 5.74) is -2.89. The van der Waals surface area contributed by atoms with Crippen LogP contribution in [0.25, 0.3) is 0 Å². The van der Waals surface area contributed by atoms with Crippen molar-refractivity contribution in [1.82, 2.24) is 4.98 Å². The molecule has 0 saturated heterocycles. The zero-order chi connectivity index (χ0) is 10.0. The van der Waals surface area contributed by atoms with Gasteiger partial charge >= 0.3 is 0 Å². The van der Waals surface area contributed by atoms with Gasteiger partial charge in [-0.1, -0.05) is 0 Å². The Balaban J connectivity index is 3.47. The third-order valence-corrected chi connectivity index (χ3v) is 1.46. The fourth-order valence-corrected chi connectivity index (χ4v) is 0.834. The van der Waals surface area contributed by atoms with Crippen LogP contribution in [0.2, 0.25) is 0 Å². The van der Waals surface area contributed by atoms with Gasteiger partial charge in [0, 0.05) is 11.8 Å². The van der Waals surface area contributed by atoms with Crippen LogP contribution in [0.4, 0.5) is 13.2 Å². The van der Waals surface area contributed by atoms with E-state index in [0.717, 1.165) is 0 Å². The van der Waals surface area contributed by atoms with Crippen LogP contribution >= 0.6 is 0 Å². The lowest BCUT2D eigenvalue weighted by molar-refractivity contribution is 0.110. The van der Waals surface area contributed by atoms with Crippen LogP contribution in [0.1, 0.15) is 22.3 Å². The number of H-pyrrole nitrogens is 1. The normalized spacial score (nSPS) is 10.5. The second-order valence-electron chi connectivity index (χ2n) is 2.22. The van der Waals surface area contributed by atoms with Crippen molar-refractivity contribution < 1.29 is 18.0 Å². The first-order valence-corrected chi connectivity index (χ1v) is 3.22. The van der Waals surface area contributed by atoms with Crippen LogP contribution in [-0.2, 0) is 0 Å². The van der Waals surface area contributed by atoms with E-state index >= 15 is 0 Å². The summed E-state index contributed by atoms with van der Waals surface area (Å²) in [6.07, 6.45) is -2.47. The number of aromatic nitrogens is 1. The second-order valence-corrected chi connectivity index (χ2v) is 2.22. The fourth-order valence-electron chi connectivity index (χ4n) is 0.834. The molecule has 3 nitrogen and oxygen atoms in total. The lowest BCUT2D eigenvalue weighted by atomic mass is 10.1. The molecule has 0 aliphatic heterocycles. The van der Waals surface area contributed by atoms with E-state index in [0.29, 0.717) is 6.20 Å². The van der Waals surface area contributed by atoms with E-state index in [1.807, 2.05) is 0 Å². The highest BCUT2D eigenvalue weighted by molar-refractivity contribution is 5.77. The number of halogens is 3. The average molecular weight is 191 g/mol. The summed E-state index contributed by atoms with van der Waals surface area (Å²) in [5.74, 6) is -1.48. The number of rotatable bonds is 2. The molecule has 0 fully saturated rings. The minimum Gasteiger partial charge on any atom is -0.326 e. The Morgan fingerprint density at radius 1 is 1.46 bits per heavy atom. The monoisotopic (exact) mass is 191 g/mol. The summed E-state index contributed by atoms with van der Waals surface area (Å²) < 4.78 is 36.9. The molecule has 1 aromatic rings. The highest BCUT2D eigenvalue weighted by Gasteiger charge is 2.18. The predicted molar refractivity (Wildman–Crippen MR) is 37.4 cm³/mol. The summed E-state index contributed by atoms with van der Waals surface area (Å²) in [5, 5.41) is 0. The Morgan fingerprint density at radius 3 is 2.54 bits per heavy atom. The maximum Gasteiger partial charge on any atom is 0.284 e. The molecule has 0 atom stereocenters. The van der Waals surface area contributed by atoms with E-state index in [-0.39, 0.29) is 6.29 Å². The number of aldehydes is 1.